The zero-order chi connectivity index (χ0) is 10.4. The second-order valence-corrected chi connectivity index (χ2v) is 2.77. The first-order valence-corrected chi connectivity index (χ1v) is 4.22. The summed E-state index contributed by atoms with van der Waals surface area (Å²) in [5.74, 6) is 0. The fraction of sp³-hybridized carbons (Fsp3) is 0.444. The van der Waals surface area contributed by atoms with E-state index in [1.54, 1.807) is 18.3 Å². The third-order valence-corrected chi connectivity index (χ3v) is 1.62. The van der Waals surface area contributed by atoms with Gasteiger partial charge < -0.3 is 10.5 Å². The predicted molar refractivity (Wildman–Crippen MR) is 47.8 cm³/mol. The highest BCUT2D eigenvalue weighted by molar-refractivity contribution is 5.13. The number of hydrogen-bond acceptors (Lipinski definition) is 3. The molecule has 78 valence electrons. The molecule has 0 atom stereocenters. The van der Waals surface area contributed by atoms with Gasteiger partial charge in [0.2, 0.25) is 0 Å². The molecule has 1 aromatic rings. The molecular formula is C9H12F2N2O. The van der Waals surface area contributed by atoms with Crippen LogP contribution >= 0.6 is 0 Å². The van der Waals surface area contributed by atoms with Gasteiger partial charge in [0.15, 0.2) is 0 Å². The highest BCUT2D eigenvalue weighted by Gasteiger charge is 2.02. The second kappa shape index (κ2) is 5.62. The van der Waals surface area contributed by atoms with E-state index >= 15 is 0 Å². The van der Waals surface area contributed by atoms with Crippen molar-refractivity contribution >= 4 is 0 Å². The molecule has 1 rings (SSSR count). The molecule has 0 fully saturated rings. The molecule has 0 spiro atoms. The monoisotopic (exact) mass is 202 g/mol. The number of alkyl halides is 2. The van der Waals surface area contributed by atoms with E-state index in [4.69, 9.17) is 10.5 Å². The Labute approximate surface area is 80.9 Å². The first-order chi connectivity index (χ1) is 6.72. The molecule has 0 aromatic carbocycles. The molecule has 0 aliphatic heterocycles. The Hall–Kier alpha value is -1.07. The summed E-state index contributed by atoms with van der Waals surface area (Å²) in [6.45, 7) is -0.0271. The molecule has 2 N–H and O–H groups in total. The first-order valence-electron chi connectivity index (χ1n) is 4.22. The van der Waals surface area contributed by atoms with Crippen molar-refractivity contribution in [2.75, 3.05) is 6.61 Å². The summed E-state index contributed by atoms with van der Waals surface area (Å²) in [5.41, 5.74) is 6.90. The lowest BCUT2D eigenvalue weighted by Gasteiger charge is -2.03. The van der Waals surface area contributed by atoms with Crippen molar-refractivity contribution in [2.24, 2.45) is 5.73 Å². The van der Waals surface area contributed by atoms with Gasteiger partial charge in [-0.2, -0.15) is 0 Å². The summed E-state index contributed by atoms with van der Waals surface area (Å²) < 4.78 is 28.1. The number of rotatable bonds is 5. The molecule has 3 nitrogen and oxygen atoms in total. The van der Waals surface area contributed by atoms with Crippen LogP contribution in [0.25, 0.3) is 0 Å². The van der Waals surface area contributed by atoms with Crippen LogP contribution in [0.3, 0.4) is 0 Å². The van der Waals surface area contributed by atoms with Crippen molar-refractivity contribution in [3.8, 4) is 0 Å². The van der Waals surface area contributed by atoms with Crippen molar-refractivity contribution in [3.63, 3.8) is 0 Å². The molecule has 14 heavy (non-hydrogen) atoms. The van der Waals surface area contributed by atoms with E-state index in [2.05, 4.69) is 4.98 Å². The Balaban J connectivity index is 2.36. The van der Waals surface area contributed by atoms with Gasteiger partial charge in [-0.3, -0.25) is 4.98 Å². The summed E-state index contributed by atoms with van der Waals surface area (Å²) in [6, 6.07) is 3.52. The molecule has 0 aliphatic carbocycles. The van der Waals surface area contributed by atoms with Crippen LogP contribution in [-0.4, -0.2) is 18.0 Å². The van der Waals surface area contributed by atoms with Crippen LogP contribution < -0.4 is 5.73 Å². The fourth-order valence-electron chi connectivity index (χ4n) is 0.914. The molecule has 1 heterocycles. The summed E-state index contributed by atoms with van der Waals surface area (Å²) in [6.07, 6.45) is -0.820. The molecule has 0 amide bonds. The maximum atomic E-state index is 11.7. The molecule has 0 radical (unpaired) electrons. The van der Waals surface area contributed by atoms with Gasteiger partial charge >= 0.3 is 0 Å². The third kappa shape index (κ3) is 3.76. The standard InChI is InChI=1S/C9H12F2N2O/c10-9(11)6-14-5-8-2-1-7(3-12)4-13-8/h1-2,4,9H,3,5-6,12H2. The lowest BCUT2D eigenvalue weighted by atomic mass is 10.2. The lowest BCUT2D eigenvalue weighted by molar-refractivity contribution is 0.00883. The Morgan fingerprint density at radius 2 is 2.21 bits per heavy atom. The smallest absolute Gasteiger partial charge is 0.261 e. The predicted octanol–water partition coefficient (Wildman–Crippen LogP) is 1.32. The average molecular weight is 202 g/mol. The van der Waals surface area contributed by atoms with E-state index in [9.17, 15) is 8.78 Å². The molecule has 0 unspecified atom stereocenters. The Kier molecular flexibility index (Phi) is 4.42. The minimum absolute atomic E-state index is 0.106. The van der Waals surface area contributed by atoms with E-state index in [0.29, 0.717) is 12.2 Å². The molecule has 1 aromatic heterocycles. The van der Waals surface area contributed by atoms with Gasteiger partial charge in [0.1, 0.15) is 6.61 Å². The molecular weight excluding hydrogens is 190 g/mol. The summed E-state index contributed by atoms with van der Waals surface area (Å²) in [5, 5.41) is 0. The molecule has 0 saturated carbocycles. The number of aromatic nitrogens is 1. The largest absolute Gasteiger partial charge is 0.369 e. The van der Waals surface area contributed by atoms with Gasteiger partial charge in [-0.25, -0.2) is 8.78 Å². The highest BCUT2D eigenvalue weighted by Crippen LogP contribution is 2.02. The van der Waals surface area contributed by atoms with E-state index in [-0.39, 0.29) is 6.61 Å². The van der Waals surface area contributed by atoms with Crippen molar-refractivity contribution in [1.82, 2.24) is 4.98 Å². The average Bonchev–Trinajstić information content (AvgIpc) is 2.18. The summed E-state index contributed by atoms with van der Waals surface area (Å²) in [7, 11) is 0. The minimum Gasteiger partial charge on any atom is -0.369 e. The van der Waals surface area contributed by atoms with E-state index in [1.807, 2.05) is 0 Å². The Bertz CT molecular complexity index is 264. The normalized spacial score (nSPS) is 10.9. The van der Waals surface area contributed by atoms with Gasteiger partial charge in [0.05, 0.1) is 12.3 Å². The van der Waals surface area contributed by atoms with Crippen LogP contribution in [0.1, 0.15) is 11.3 Å². The number of halogens is 2. The Morgan fingerprint density at radius 1 is 1.43 bits per heavy atom. The molecule has 5 heteroatoms. The van der Waals surface area contributed by atoms with Crippen molar-refractivity contribution < 1.29 is 13.5 Å². The number of hydrogen-bond donors (Lipinski definition) is 1. The van der Waals surface area contributed by atoms with Gasteiger partial charge in [-0.1, -0.05) is 6.07 Å². The topological polar surface area (TPSA) is 48.1 Å². The SMILES string of the molecule is NCc1ccc(COCC(F)F)nc1. The number of ether oxygens (including phenoxy) is 1. The third-order valence-electron chi connectivity index (χ3n) is 1.62. The van der Waals surface area contributed by atoms with Gasteiger partial charge in [-0.15, -0.1) is 0 Å². The quantitative estimate of drug-likeness (QED) is 0.783. The number of nitrogens with two attached hydrogens (primary N) is 1. The highest BCUT2D eigenvalue weighted by atomic mass is 19.3. The maximum Gasteiger partial charge on any atom is 0.261 e. The van der Waals surface area contributed by atoms with Gasteiger partial charge in [-0.05, 0) is 11.6 Å². The van der Waals surface area contributed by atoms with E-state index < -0.39 is 13.0 Å². The molecule has 0 aliphatic rings. The lowest BCUT2D eigenvalue weighted by Crippen LogP contribution is -2.05. The minimum atomic E-state index is -2.43. The molecule has 0 bridgehead atoms. The van der Waals surface area contributed by atoms with Crippen molar-refractivity contribution in [1.29, 1.82) is 0 Å². The Morgan fingerprint density at radius 3 is 2.71 bits per heavy atom. The van der Waals surface area contributed by atoms with Gasteiger partial charge in [0, 0.05) is 12.7 Å². The van der Waals surface area contributed by atoms with E-state index in [1.165, 1.54) is 0 Å². The van der Waals surface area contributed by atoms with Gasteiger partial charge in [0.25, 0.3) is 6.43 Å². The van der Waals surface area contributed by atoms with Crippen molar-refractivity contribution in [3.05, 3.63) is 29.6 Å². The first kappa shape index (κ1) is 11.0. The van der Waals surface area contributed by atoms with Crippen molar-refractivity contribution in [2.45, 2.75) is 19.6 Å². The zero-order valence-corrected chi connectivity index (χ0v) is 7.62. The zero-order valence-electron chi connectivity index (χ0n) is 7.62. The fourth-order valence-corrected chi connectivity index (χ4v) is 0.914. The summed E-state index contributed by atoms with van der Waals surface area (Å²) >= 11 is 0. The van der Waals surface area contributed by atoms with Crippen LogP contribution in [-0.2, 0) is 17.9 Å². The molecule has 0 saturated heterocycles. The van der Waals surface area contributed by atoms with Crippen LogP contribution in [0, 0.1) is 0 Å². The van der Waals surface area contributed by atoms with Crippen LogP contribution in [0.5, 0.6) is 0 Å². The summed E-state index contributed by atoms with van der Waals surface area (Å²) in [4.78, 5) is 4.00. The van der Waals surface area contributed by atoms with Crippen LogP contribution in [0.4, 0.5) is 8.78 Å². The van der Waals surface area contributed by atoms with Crippen LogP contribution in [0.15, 0.2) is 18.3 Å². The second-order valence-electron chi connectivity index (χ2n) is 2.77. The number of nitrogens with zero attached hydrogens (tertiary/aromatic N) is 1. The maximum absolute atomic E-state index is 11.7. The number of pyridine rings is 1. The van der Waals surface area contributed by atoms with E-state index in [0.717, 1.165) is 5.56 Å². The van der Waals surface area contributed by atoms with Crippen LogP contribution in [0.2, 0.25) is 0 Å².